The molecular weight excluding hydrogens is 332 g/mol. The van der Waals surface area contributed by atoms with Gasteiger partial charge in [0, 0.05) is 11.6 Å². The Balaban J connectivity index is 1.89. The van der Waals surface area contributed by atoms with E-state index in [0.717, 1.165) is 18.5 Å². The fourth-order valence-corrected chi connectivity index (χ4v) is 2.99. The highest BCUT2D eigenvalue weighted by Gasteiger charge is 2.34. The maximum absolute atomic E-state index is 12.7. The molecule has 2 heterocycles. The first-order chi connectivity index (χ1) is 11.5. The van der Waals surface area contributed by atoms with E-state index < -0.39 is 17.9 Å². The molecule has 1 aromatic carbocycles. The summed E-state index contributed by atoms with van der Waals surface area (Å²) < 4.78 is 1.54. The standard InChI is InChI=1S/C16H17ClN4O3/c1-10-18-14(19-21(10)12-7-5-11(17)6-8-12)15(22)20-9-3-2-4-13(20)16(23)24/h5-8,13H,2-4,9H2,1H3,(H,23,24). The Hall–Kier alpha value is -2.41. The van der Waals surface area contributed by atoms with Crippen LogP contribution in [-0.2, 0) is 4.79 Å². The van der Waals surface area contributed by atoms with Crippen LogP contribution in [0.1, 0.15) is 35.7 Å². The van der Waals surface area contributed by atoms with Gasteiger partial charge in [-0.05, 0) is 50.5 Å². The van der Waals surface area contributed by atoms with Crippen LogP contribution in [0.4, 0.5) is 0 Å². The van der Waals surface area contributed by atoms with E-state index in [-0.39, 0.29) is 5.82 Å². The molecule has 0 saturated carbocycles. The summed E-state index contributed by atoms with van der Waals surface area (Å²) in [7, 11) is 0. The van der Waals surface area contributed by atoms with Gasteiger partial charge in [-0.25, -0.2) is 14.5 Å². The predicted molar refractivity (Wildman–Crippen MR) is 87.4 cm³/mol. The van der Waals surface area contributed by atoms with Gasteiger partial charge in [0.1, 0.15) is 11.9 Å². The number of rotatable bonds is 3. The van der Waals surface area contributed by atoms with Gasteiger partial charge in [0.2, 0.25) is 5.82 Å². The lowest BCUT2D eigenvalue weighted by molar-refractivity contribution is -0.143. The lowest BCUT2D eigenvalue weighted by Gasteiger charge is -2.31. The molecule has 0 spiro atoms. The molecule has 2 aromatic rings. The molecule has 1 aliphatic rings. The van der Waals surface area contributed by atoms with Gasteiger partial charge in [0.25, 0.3) is 5.91 Å². The van der Waals surface area contributed by atoms with Crippen molar-refractivity contribution in [2.75, 3.05) is 6.54 Å². The summed E-state index contributed by atoms with van der Waals surface area (Å²) in [6, 6.07) is 6.20. The number of hydrogen-bond acceptors (Lipinski definition) is 4. The quantitative estimate of drug-likeness (QED) is 0.919. The Bertz CT molecular complexity index is 772. The summed E-state index contributed by atoms with van der Waals surface area (Å²) in [4.78, 5) is 29.6. The number of aryl methyl sites for hydroxylation is 1. The molecule has 1 amide bonds. The number of aromatic nitrogens is 3. The van der Waals surface area contributed by atoms with Gasteiger partial charge in [-0.15, -0.1) is 5.10 Å². The van der Waals surface area contributed by atoms with Crippen molar-refractivity contribution in [3.05, 3.63) is 40.9 Å². The minimum Gasteiger partial charge on any atom is -0.480 e. The Morgan fingerprint density at radius 1 is 1.25 bits per heavy atom. The van der Waals surface area contributed by atoms with Crippen LogP contribution >= 0.6 is 11.6 Å². The predicted octanol–water partition coefficient (Wildman–Crippen LogP) is 2.31. The molecule has 3 rings (SSSR count). The van der Waals surface area contributed by atoms with Gasteiger partial charge in [-0.2, -0.15) is 0 Å². The molecule has 1 aromatic heterocycles. The molecule has 1 aliphatic heterocycles. The first-order valence-electron chi connectivity index (χ1n) is 7.71. The van der Waals surface area contributed by atoms with Crippen molar-refractivity contribution in [2.24, 2.45) is 0 Å². The highest BCUT2D eigenvalue weighted by molar-refractivity contribution is 6.30. The monoisotopic (exact) mass is 348 g/mol. The summed E-state index contributed by atoms with van der Waals surface area (Å²) in [6.45, 7) is 2.15. The van der Waals surface area contributed by atoms with Gasteiger partial charge >= 0.3 is 5.97 Å². The van der Waals surface area contributed by atoms with Crippen molar-refractivity contribution >= 4 is 23.5 Å². The molecule has 7 nitrogen and oxygen atoms in total. The number of piperidine rings is 1. The molecule has 1 unspecified atom stereocenters. The highest BCUT2D eigenvalue weighted by atomic mass is 35.5. The zero-order valence-corrected chi connectivity index (χ0v) is 13.9. The van der Waals surface area contributed by atoms with Crippen LogP contribution in [-0.4, -0.2) is 49.2 Å². The van der Waals surface area contributed by atoms with E-state index in [0.29, 0.717) is 23.8 Å². The fourth-order valence-electron chi connectivity index (χ4n) is 2.87. The third kappa shape index (κ3) is 3.12. The van der Waals surface area contributed by atoms with Crippen molar-refractivity contribution in [3.8, 4) is 5.69 Å². The van der Waals surface area contributed by atoms with Gasteiger partial charge < -0.3 is 10.0 Å². The lowest BCUT2D eigenvalue weighted by Crippen LogP contribution is -2.48. The second-order valence-corrected chi connectivity index (χ2v) is 6.16. The molecule has 24 heavy (non-hydrogen) atoms. The molecule has 1 N–H and O–H groups in total. The summed E-state index contributed by atoms with van der Waals surface area (Å²) >= 11 is 5.88. The number of carboxylic acids is 1. The first-order valence-corrected chi connectivity index (χ1v) is 8.08. The third-order valence-electron chi connectivity index (χ3n) is 4.08. The average Bonchev–Trinajstić information content (AvgIpc) is 2.96. The molecule has 1 saturated heterocycles. The molecule has 0 bridgehead atoms. The van der Waals surface area contributed by atoms with Crippen molar-refractivity contribution < 1.29 is 14.7 Å². The Kier molecular flexibility index (Phi) is 4.53. The number of hydrogen-bond donors (Lipinski definition) is 1. The molecule has 0 aliphatic carbocycles. The number of carbonyl (C=O) groups excluding carboxylic acids is 1. The molecule has 126 valence electrons. The first kappa shape index (κ1) is 16.4. The van der Waals surface area contributed by atoms with Crippen molar-refractivity contribution in [2.45, 2.75) is 32.2 Å². The van der Waals surface area contributed by atoms with Gasteiger partial charge in [-0.3, -0.25) is 4.79 Å². The van der Waals surface area contributed by atoms with Crippen LogP contribution in [0.5, 0.6) is 0 Å². The summed E-state index contributed by atoms with van der Waals surface area (Å²) in [5.74, 6) is -0.880. The second kappa shape index (κ2) is 6.60. The van der Waals surface area contributed by atoms with E-state index in [1.165, 1.54) is 4.90 Å². The summed E-state index contributed by atoms with van der Waals surface area (Å²) in [6.07, 6.45) is 2.04. The lowest BCUT2D eigenvalue weighted by atomic mass is 10.0. The minimum absolute atomic E-state index is 0.00981. The zero-order chi connectivity index (χ0) is 17.3. The number of aliphatic carboxylic acids is 1. The van der Waals surface area contributed by atoms with Crippen molar-refractivity contribution in [1.82, 2.24) is 19.7 Å². The largest absolute Gasteiger partial charge is 0.480 e. The van der Waals surface area contributed by atoms with E-state index in [9.17, 15) is 14.7 Å². The molecule has 8 heteroatoms. The van der Waals surface area contributed by atoms with E-state index in [4.69, 9.17) is 11.6 Å². The Morgan fingerprint density at radius 3 is 2.62 bits per heavy atom. The molecule has 1 atom stereocenters. The van der Waals surface area contributed by atoms with Crippen LogP contribution in [0, 0.1) is 6.92 Å². The summed E-state index contributed by atoms with van der Waals surface area (Å²) in [5.41, 5.74) is 0.733. The van der Waals surface area contributed by atoms with Gasteiger partial charge in [-0.1, -0.05) is 11.6 Å². The number of benzene rings is 1. The summed E-state index contributed by atoms with van der Waals surface area (Å²) in [5, 5.41) is 14.2. The number of amides is 1. The van der Waals surface area contributed by atoms with E-state index in [1.807, 2.05) is 0 Å². The van der Waals surface area contributed by atoms with Crippen LogP contribution in [0.3, 0.4) is 0 Å². The fraction of sp³-hybridized carbons (Fsp3) is 0.375. The van der Waals surface area contributed by atoms with Crippen molar-refractivity contribution in [1.29, 1.82) is 0 Å². The molecular formula is C16H17ClN4O3. The molecule has 1 fully saturated rings. The number of likely N-dealkylation sites (tertiary alicyclic amines) is 1. The topological polar surface area (TPSA) is 88.3 Å². The average molecular weight is 349 g/mol. The SMILES string of the molecule is Cc1nc(C(=O)N2CCCCC2C(=O)O)nn1-c1ccc(Cl)cc1. The van der Waals surface area contributed by atoms with E-state index >= 15 is 0 Å². The zero-order valence-electron chi connectivity index (χ0n) is 13.1. The van der Waals surface area contributed by atoms with E-state index in [2.05, 4.69) is 10.1 Å². The van der Waals surface area contributed by atoms with E-state index in [1.54, 1.807) is 35.9 Å². The highest BCUT2D eigenvalue weighted by Crippen LogP contribution is 2.20. The smallest absolute Gasteiger partial charge is 0.326 e. The maximum atomic E-state index is 12.7. The van der Waals surface area contributed by atoms with Gasteiger partial charge in [0.15, 0.2) is 0 Å². The number of carbonyl (C=O) groups is 2. The Labute approximate surface area is 143 Å². The van der Waals surface area contributed by atoms with Gasteiger partial charge in [0.05, 0.1) is 5.69 Å². The van der Waals surface area contributed by atoms with Crippen LogP contribution < -0.4 is 0 Å². The third-order valence-corrected chi connectivity index (χ3v) is 4.33. The van der Waals surface area contributed by atoms with Crippen molar-refractivity contribution in [3.63, 3.8) is 0 Å². The molecule has 0 radical (unpaired) electrons. The normalized spacial score (nSPS) is 17.8. The number of carboxylic acid groups (broad SMARTS) is 1. The second-order valence-electron chi connectivity index (χ2n) is 5.72. The minimum atomic E-state index is -0.989. The maximum Gasteiger partial charge on any atom is 0.326 e. The number of halogens is 1. The Morgan fingerprint density at radius 2 is 1.96 bits per heavy atom. The number of nitrogens with zero attached hydrogens (tertiary/aromatic N) is 4. The van der Waals surface area contributed by atoms with Crippen LogP contribution in [0.2, 0.25) is 5.02 Å². The van der Waals surface area contributed by atoms with Crippen LogP contribution in [0.15, 0.2) is 24.3 Å². The van der Waals surface area contributed by atoms with Crippen LogP contribution in [0.25, 0.3) is 5.69 Å².